The third-order valence-electron chi connectivity index (χ3n) is 7.80. The molecule has 2 atom stereocenters. The Bertz CT molecular complexity index is 1620. The van der Waals surface area contributed by atoms with Gasteiger partial charge in [0.15, 0.2) is 0 Å². The number of aryl methyl sites for hydroxylation is 2. The number of nitrogens with one attached hydrogen (secondary N) is 1. The third-order valence-corrected chi connectivity index (χ3v) is 7.80. The molecule has 1 aliphatic carbocycles. The van der Waals surface area contributed by atoms with E-state index in [2.05, 4.69) is 94.1 Å². The second-order valence-corrected chi connectivity index (χ2v) is 10.4. The molecule has 1 N–H and O–H groups in total. The number of likely N-dealkylation sites (tertiary alicyclic amines) is 1. The molecule has 38 heavy (non-hydrogen) atoms. The van der Waals surface area contributed by atoms with Gasteiger partial charge in [-0.3, -0.25) is 9.88 Å². The Morgan fingerprint density at radius 1 is 1.05 bits per heavy atom. The molecule has 0 saturated carbocycles. The van der Waals surface area contributed by atoms with Crippen molar-refractivity contribution in [1.82, 2.24) is 14.9 Å². The van der Waals surface area contributed by atoms with Gasteiger partial charge in [-0.1, -0.05) is 48.9 Å². The van der Waals surface area contributed by atoms with E-state index in [0.29, 0.717) is 6.04 Å². The quantitative estimate of drug-likeness (QED) is 0.369. The van der Waals surface area contributed by atoms with E-state index in [4.69, 9.17) is 10.1 Å². The molecule has 1 aliphatic heterocycles. The Morgan fingerprint density at radius 2 is 1.89 bits per heavy atom. The summed E-state index contributed by atoms with van der Waals surface area (Å²) in [5.41, 5.74) is 8.77. The van der Waals surface area contributed by atoms with E-state index in [1.807, 2.05) is 25.3 Å². The number of fused-ring (bicyclic) bond motifs is 2. The predicted octanol–water partition coefficient (Wildman–Crippen LogP) is 5.43. The maximum absolute atomic E-state index is 5.40. The Morgan fingerprint density at radius 3 is 2.71 bits per heavy atom. The summed E-state index contributed by atoms with van der Waals surface area (Å²) in [4.78, 5) is 12.0. The fourth-order valence-electron chi connectivity index (χ4n) is 5.67. The fourth-order valence-corrected chi connectivity index (χ4v) is 5.67. The van der Waals surface area contributed by atoms with Gasteiger partial charge in [0.25, 0.3) is 10.9 Å². The van der Waals surface area contributed by atoms with E-state index in [0.717, 1.165) is 71.5 Å². The Balaban J connectivity index is 1.40. The lowest BCUT2D eigenvalue weighted by Crippen LogP contribution is -2.45. The van der Waals surface area contributed by atoms with Crippen molar-refractivity contribution >= 4 is 28.9 Å². The SMILES string of the molecule is CCN1CCC(N=[n+]2c3c(nc4ccccc42)C=C(Nc2cccnc2C)CC=3)CC1c1ccc(C)cc1. The minimum absolute atomic E-state index is 0.235. The number of benzene rings is 2. The highest BCUT2D eigenvalue weighted by molar-refractivity contribution is 5.73. The normalized spacial score (nSPS) is 20.1. The van der Waals surface area contributed by atoms with E-state index >= 15 is 0 Å². The second kappa shape index (κ2) is 10.5. The van der Waals surface area contributed by atoms with Gasteiger partial charge < -0.3 is 5.32 Å². The first-order valence-corrected chi connectivity index (χ1v) is 13.7. The standard InChI is InChI=1S/C32H35N6/c1-4-37-19-17-26(21-32(37)24-13-11-22(2)12-14-24)36-38-30-10-6-5-8-28(30)35-29-20-25(15-16-31(29)38)34-27-9-7-18-33-23(27)3/h5-14,16,18,20,26,32,34H,4,15,17,19,21H2,1-3H3/q+1. The number of nitrogens with zero attached hydrogens (tertiary/aromatic N) is 5. The third kappa shape index (κ3) is 4.84. The maximum atomic E-state index is 5.40. The van der Waals surface area contributed by atoms with E-state index in [1.165, 1.54) is 11.1 Å². The summed E-state index contributed by atoms with van der Waals surface area (Å²) >= 11 is 0. The van der Waals surface area contributed by atoms with Gasteiger partial charge in [0.2, 0.25) is 0 Å². The van der Waals surface area contributed by atoms with E-state index in [-0.39, 0.29) is 6.04 Å². The number of hydrogen-bond donors (Lipinski definition) is 1. The van der Waals surface area contributed by atoms with Crippen LogP contribution in [0.1, 0.15) is 54.7 Å². The van der Waals surface area contributed by atoms with Crippen molar-refractivity contribution in [1.29, 1.82) is 0 Å². The van der Waals surface area contributed by atoms with Crippen LogP contribution in [-0.2, 0) is 0 Å². The van der Waals surface area contributed by atoms with Gasteiger partial charge in [-0.15, -0.1) is 0 Å². The van der Waals surface area contributed by atoms with Crippen molar-refractivity contribution in [3.8, 4) is 0 Å². The van der Waals surface area contributed by atoms with Crippen LogP contribution in [-0.4, -0.2) is 34.0 Å². The van der Waals surface area contributed by atoms with Gasteiger partial charge in [-0.05, 0) is 78.6 Å². The number of allylic oxidation sites excluding steroid dienone is 1. The number of para-hydroxylation sites is 2. The van der Waals surface area contributed by atoms with Gasteiger partial charge in [-0.25, -0.2) is 4.98 Å². The van der Waals surface area contributed by atoms with E-state index < -0.39 is 0 Å². The van der Waals surface area contributed by atoms with Crippen LogP contribution in [0.4, 0.5) is 5.69 Å². The summed E-state index contributed by atoms with van der Waals surface area (Å²) in [7, 11) is 0. The fraction of sp³-hybridized carbons (Fsp3) is 0.312. The zero-order valence-electron chi connectivity index (χ0n) is 22.4. The molecular weight excluding hydrogens is 468 g/mol. The summed E-state index contributed by atoms with van der Waals surface area (Å²) < 4.78 is 2.17. The number of anilines is 1. The molecule has 3 heterocycles. The number of aromatic nitrogens is 3. The molecule has 4 aromatic rings. The highest BCUT2D eigenvalue weighted by atomic mass is 15.2. The highest BCUT2D eigenvalue weighted by Gasteiger charge is 2.31. The predicted molar refractivity (Wildman–Crippen MR) is 153 cm³/mol. The molecule has 6 nitrogen and oxygen atoms in total. The zero-order chi connectivity index (χ0) is 26.1. The molecule has 6 rings (SSSR count). The lowest BCUT2D eigenvalue weighted by molar-refractivity contribution is -0.539. The first kappa shape index (κ1) is 24.4. The van der Waals surface area contributed by atoms with Crippen LogP contribution in [0, 0.1) is 13.8 Å². The molecule has 1 saturated heterocycles. The molecule has 0 spiro atoms. The van der Waals surface area contributed by atoms with Crippen LogP contribution in [0.2, 0.25) is 0 Å². The maximum Gasteiger partial charge on any atom is 0.263 e. The van der Waals surface area contributed by atoms with Crippen LogP contribution in [0.3, 0.4) is 0 Å². The zero-order valence-corrected chi connectivity index (χ0v) is 22.4. The largest absolute Gasteiger partial charge is 0.357 e. The molecule has 0 bridgehead atoms. The lowest BCUT2D eigenvalue weighted by Gasteiger charge is -2.36. The summed E-state index contributed by atoms with van der Waals surface area (Å²) in [6.45, 7) is 8.54. The minimum atomic E-state index is 0.235. The molecule has 0 amide bonds. The highest BCUT2D eigenvalue weighted by Crippen LogP contribution is 2.32. The second-order valence-electron chi connectivity index (χ2n) is 10.4. The Kier molecular flexibility index (Phi) is 6.73. The summed E-state index contributed by atoms with van der Waals surface area (Å²) in [6, 6.07) is 22.0. The van der Waals surface area contributed by atoms with Crippen molar-refractivity contribution in [3.63, 3.8) is 0 Å². The van der Waals surface area contributed by atoms with Gasteiger partial charge >= 0.3 is 0 Å². The van der Waals surface area contributed by atoms with Crippen LogP contribution in [0.15, 0.2) is 77.7 Å². The summed E-state index contributed by atoms with van der Waals surface area (Å²) in [5, 5.41) is 10.0. The van der Waals surface area contributed by atoms with Crippen LogP contribution >= 0.6 is 0 Å². The average Bonchev–Trinajstić information content (AvgIpc) is 2.94. The average molecular weight is 504 g/mol. The van der Waals surface area contributed by atoms with Gasteiger partial charge in [0.1, 0.15) is 17.3 Å². The van der Waals surface area contributed by atoms with Crippen molar-refractivity contribution in [2.75, 3.05) is 18.4 Å². The first-order chi connectivity index (χ1) is 18.6. The van der Waals surface area contributed by atoms with Crippen molar-refractivity contribution in [2.24, 2.45) is 5.11 Å². The lowest BCUT2D eigenvalue weighted by atomic mass is 9.92. The molecular formula is C32H35N6+. The topological polar surface area (TPSA) is 59.3 Å². The molecule has 2 aliphatic rings. The Labute approximate surface area is 224 Å². The van der Waals surface area contributed by atoms with Crippen molar-refractivity contribution < 1.29 is 4.36 Å². The van der Waals surface area contributed by atoms with Gasteiger partial charge in [0.05, 0.1) is 11.4 Å². The van der Waals surface area contributed by atoms with Crippen molar-refractivity contribution in [2.45, 2.75) is 52.1 Å². The molecule has 2 aromatic carbocycles. The Hall–Kier alpha value is -3.90. The molecule has 0 radical (unpaired) electrons. The molecule has 6 heteroatoms. The minimum Gasteiger partial charge on any atom is -0.357 e. The molecule has 2 unspecified atom stereocenters. The monoisotopic (exact) mass is 503 g/mol. The molecule has 1 fully saturated rings. The summed E-state index contributed by atoms with van der Waals surface area (Å²) in [6.07, 6.45) is 9.09. The molecule has 2 aromatic heterocycles. The number of piperidine rings is 1. The first-order valence-electron chi connectivity index (χ1n) is 13.7. The number of pyridine rings is 1. The van der Waals surface area contributed by atoms with Crippen LogP contribution in [0.5, 0.6) is 0 Å². The van der Waals surface area contributed by atoms with E-state index in [9.17, 15) is 0 Å². The van der Waals surface area contributed by atoms with Crippen LogP contribution in [0.25, 0.3) is 23.2 Å². The number of hydrogen-bond acceptors (Lipinski definition) is 5. The summed E-state index contributed by atoms with van der Waals surface area (Å²) in [5.74, 6) is 0. The smallest absolute Gasteiger partial charge is 0.263 e. The number of rotatable bonds is 5. The molecule has 192 valence electrons. The van der Waals surface area contributed by atoms with E-state index in [1.54, 1.807) is 0 Å². The van der Waals surface area contributed by atoms with Gasteiger partial charge in [-0.2, -0.15) is 0 Å². The van der Waals surface area contributed by atoms with Crippen LogP contribution < -0.4 is 15.0 Å². The van der Waals surface area contributed by atoms with Crippen molar-refractivity contribution in [3.05, 3.63) is 100 Å². The van der Waals surface area contributed by atoms with Gasteiger partial charge in [0, 0.05) is 37.0 Å².